The predicted octanol–water partition coefficient (Wildman–Crippen LogP) is 5.41. The molecule has 1 aromatic carbocycles. The lowest BCUT2D eigenvalue weighted by atomic mass is 9.73. The molecule has 1 rings (SSSR count). The zero-order valence-corrected chi connectivity index (χ0v) is 25.5. The van der Waals surface area contributed by atoms with Crippen molar-refractivity contribution in [2.24, 2.45) is 23.2 Å². The van der Waals surface area contributed by atoms with E-state index in [2.05, 4.69) is 35.9 Å². The van der Waals surface area contributed by atoms with E-state index < -0.39 is 34.8 Å². The highest BCUT2D eigenvalue weighted by Crippen LogP contribution is 2.32. The van der Waals surface area contributed by atoms with Crippen molar-refractivity contribution in [3.8, 4) is 0 Å². The first-order chi connectivity index (χ1) is 17.3. The van der Waals surface area contributed by atoms with E-state index in [1.54, 1.807) is 20.0 Å². The number of likely N-dealkylation sites (N-methyl/N-ethyl adjacent to an activating group) is 1. The normalized spacial score (nSPS) is 16.1. The number of carbonyl (C=O) groups is 3. The Morgan fingerprint density at radius 1 is 0.947 bits per heavy atom. The van der Waals surface area contributed by atoms with Gasteiger partial charge in [0.2, 0.25) is 5.91 Å². The number of ketones is 1. The molecule has 0 saturated heterocycles. The van der Waals surface area contributed by atoms with Crippen molar-refractivity contribution in [3.05, 3.63) is 41.5 Å². The van der Waals surface area contributed by atoms with Crippen LogP contribution in [0.3, 0.4) is 0 Å². The van der Waals surface area contributed by atoms with Gasteiger partial charge in [-0.25, -0.2) is 4.79 Å². The molecule has 7 heteroatoms. The second-order valence-electron chi connectivity index (χ2n) is 12.8. The van der Waals surface area contributed by atoms with Crippen LogP contribution in [-0.2, 0) is 19.8 Å². The molecule has 0 aromatic heterocycles. The Labute approximate surface area is 230 Å². The fourth-order valence-electron chi connectivity index (χ4n) is 5.00. The molecule has 7 nitrogen and oxygen atoms in total. The summed E-state index contributed by atoms with van der Waals surface area (Å²) in [4.78, 5) is 39.1. The molecular weight excluding hydrogens is 478 g/mol. The molecule has 214 valence electrons. The summed E-state index contributed by atoms with van der Waals surface area (Å²) in [6.45, 7) is 21.3. The maximum atomic E-state index is 13.9. The molecule has 0 aliphatic rings. The number of amides is 1. The van der Waals surface area contributed by atoms with Crippen molar-refractivity contribution in [2.75, 3.05) is 12.4 Å². The number of carbonyl (C=O) groups excluding carboxylic acids is 2. The van der Waals surface area contributed by atoms with Gasteiger partial charge in [0.05, 0.1) is 12.1 Å². The molecule has 38 heavy (non-hydrogen) atoms. The fourth-order valence-corrected chi connectivity index (χ4v) is 5.00. The lowest BCUT2D eigenvalue weighted by Crippen LogP contribution is -2.60. The van der Waals surface area contributed by atoms with Crippen LogP contribution in [0.25, 0.3) is 0 Å². The summed E-state index contributed by atoms with van der Waals surface area (Å²) in [6.07, 6.45) is 1.68. The summed E-state index contributed by atoms with van der Waals surface area (Å²) in [5.74, 6) is -2.05. The molecule has 0 heterocycles. The highest BCUT2D eigenvalue weighted by molar-refractivity contribution is 5.93. The molecule has 0 aliphatic carbocycles. The minimum Gasteiger partial charge on any atom is -0.478 e. The van der Waals surface area contributed by atoms with E-state index in [9.17, 15) is 19.5 Å². The molecule has 4 N–H and O–H groups in total. The van der Waals surface area contributed by atoms with Gasteiger partial charge >= 0.3 is 5.97 Å². The van der Waals surface area contributed by atoms with E-state index in [1.165, 1.54) is 0 Å². The van der Waals surface area contributed by atoms with Gasteiger partial charge < -0.3 is 21.1 Å². The van der Waals surface area contributed by atoms with Crippen LogP contribution in [0, 0.1) is 23.2 Å². The van der Waals surface area contributed by atoms with Crippen molar-refractivity contribution in [3.63, 3.8) is 0 Å². The van der Waals surface area contributed by atoms with Crippen LogP contribution in [-0.4, -0.2) is 47.9 Å². The number of anilines is 1. The van der Waals surface area contributed by atoms with Gasteiger partial charge in [-0.15, -0.1) is 0 Å². The quantitative estimate of drug-likeness (QED) is 0.255. The summed E-state index contributed by atoms with van der Waals surface area (Å²) in [5.41, 5.74) is 1.08. The van der Waals surface area contributed by atoms with Crippen LogP contribution in [0.1, 0.15) is 81.7 Å². The number of allylic oxidation sites excluding steroid dienone is 1. The zero-order valence-electron chi connectivity index (χ0n) is 25.5. The molecule has 0 saturated carbocycles. The molecule has 0 bridgehead atoms. The number of nitrogens with one attached hydrogen (secondary N) is 3. The largest absolute Gasteiger partial charge is 0.478 e. The lowest BCUT2D eigenvalue weighted by molar-refractivity contribution is -0.135. The molecule has 1 amide bonds. The monoisotopic (exact) mass is 529 g/mol. The Bertz CT molecular complexity index is 1000. The number of hydrogen-bond acceptors (Lipinski definition) is 5. The van der Waals surface area contributed by atoms with Gasteiger partial charge in [0.1, 0.15) is 0 Å². The summed E-state index contributed by atoms with van der Waals surface area (Å²) in [5, 5.41) is 19.1. The minimum atomic E-state index is -0.997. The highest BCUT2D eigenvalue weighted by Gasteiger charge is 2.42. The first-order valence-corrected chi connectivity index (χ1v) is 13.6. The van der Waals surface area contributed by atoms with Crippen LogP contribution in [0.4, 0.5) is 5.69 Å². The molecular formula is C31H51N3O4. The smallest absolute Gasteiger partial charge is 0.330 e. The SMILES string of the molecule is CNC(C(=O)N[C@H](C(=O)C(C)[C@H](/C=C(\C)C(=O)O)C(C)C)C(C)(C)C)C(C)(C)c1cccc(NC(C)C)c1. The Hall–Kier alpha value is -2.67. The summed E-state index contributed by atoms with van der Waals surface area (Å²) < 4.78 is 0. The second kappa shape index (κ2) is 13.4. The number of carboxylic acids is 1. The van der Waals surface area contributed by atoms with E-state index >= 15 is 0 Å². The van der Waals surface area contributed by atoms with E-state index in [0.29, 0.717) is 0 Å². The van der Waals surface area contributed by atoms with Gasteiger partial charge in [0.15, 0.2) is 5.78 Å². The van der Waals surface area contributed by atoms with Gasteiger partial charge in [0.25, 0.3) is 0 Å². The summed E-state index contributed by atoms with van der Waals surface area (Å²) in [7, 11) is 1.76. The number of carboxylic acid groups (broad SMARTS) is 1. The predicted molar refractivity (Wildman–Crippen MR) is 156 cm³/mol. The van der Waals surface area contributed by atoms with Crippen molar-refractivity contribution in [1.82, 2.24) is 10.6 Å². The average molecular weight is 530 g/mol. The number of aliphatic carboxylic acids is 1. The molecule has 0 radical (unpaired) electrons. The Morgan fingerprint density at radius 2 is 1.53 bits per heavy atom. The van der Waals surface area contributed by atoms with Crippen molar-refractivity contribution in [2.45, 2.75) is 99.7 Å². The van der Waals surface area contributed by atoms with Gasteiger partial charge in [0, 0.05) is 28.6 Å². The fraction of sp³-hybridized carbons (Fsp3) is 0.645. The molecule has 4 atom stereocenters. The molecule has 2 unspecified atom stereocenters. The van der Waals surface area contributed by atoms with E-state index in [0.717, 1.165) is 11.3 Å². The first kappa shape index (κ1) is 33.4. The van der Waals surface area contributed by atoms with Crippen LogP contribution in [0.15, 0.2) is 35.9 Å². The van der Waals surface area contributed by atoms with Crippen LogP contribution in [0.5, 0.6) is 0 Å². The standard InChI is InChI=1S/C31H51N3O4/c1-18(2)24(16-20(5)29(37)38)21(6)25(35)26(30(7,8)9)34-28(36)27(32-12)31(10,11)22-14-13-15-23(17-22)33-19(3)4/h13-19,21,24,26-27,32-33H,1-12H3,(H,34,36)(H,37,38)/b20-16+/t21?,24-,26-,27?/m1/s1. The topological polar surface area (TPSA) is 108 Å². The number of rotatable bonds is 13. The third kappa shape index (κ3) is 8.69. The van der Waals surface area contributed by atoms with E-state index in [1.807, 2.05) is 73.6 Å². The van der Waals surface area contributed by atoms with Crippen LogP contribution < -0.4 is 16.0 Å². The Balaban J connectivity index is 3.34. The van der Waals surface area contributed by atoms with Gasteiger partial charge in [-0.1, -0.05) is 73.6 Å². The summed E-state index contributed by atoms with van der Waals surface area (Å²) >= 11 is 0. The van der Waals surface area contributed by atoms with E-state index in [4.69, 9.17) is 0 Å². The average Bonchev–Trinajstić information content (AvgIpc) is 2.78. The van der Waals surface area contributed by atoms with Crippen molar-refractivity contribution >= 4 is 23.3 Å². The molecule has 1 aromatic rings. The first-order valence-electron chi connectivity index (χ1n) is 13.6. The molecule has 0 spiro atoms. The van der Waals surface area contributed by atoms with E-state index in [-0.39, 0.29) is 35.1 Å². The highest BCUT2D eigenvalue weighted by atomic mass is 16.4. The third-order valence-electron chi connectivity index (χ3n) is 7.35. The van der Waals surface area contributed by atoms with Crippen LogP contribution in [0.2, 0.25) is 0 Å². The van der Waals surface area contributed by atoms with Crippen LogP contribution >= 0.6 is 0 Å². The van der Waals surface area contributed by atoms with Crippen molar-refractivity contribution in [1.29, 1.82) is 0 Å². The van der Waals surface area contributed by atoms with Gasteiger partial charge in [-0.3, -0.25) is 9.59 Å². The molecule has 0 fully saturated rings. The second-order valence-corrected chi connectivity index (χ2v) is 12.8. The third-order valence-corrected chi connectivity index (χ3v) is 7.35. The van der Waals surface area contributed by atoms with Gasteiger partial charge in [-0.05, 0) is 62.8 Å². The minimum absolute atomic E-state index is 0.0512. The number of benzene rings is 1. The summed E-state index contributed by atoms with van der Waals surface area (Å²) in [6, 6.07) is 7.01. The lowest BCUT2D eigenvalue weighted by Gasteiger charge is -2.38. The maximum Gasteiger partial charge on any atom is 0.330 e. The maximum absolute atomic E-state index is 13.9. The Kier molecular flexibility index (Phi) is 11.8. The number of hydrogen-bond donors (Lipinski definition) is 4. The zero-order chi connectivity index (χ0) is 29.6. The van der Waals surface area contributed by atoms with Gasteiger partial charge in [-0.2, -0.15) is 0 Å². The van der Waals surface area contributed by atoms with Crippen molar-refractivity contribution < 1.29 is 19.5 Å². The molecule has 0 aliphatic heterocycles. The number of Topliss-reactive ketones (excluding diaryl/α,β-unsaturated/α-hetero) is 1. The Morgan fingerprint density at radius 3 is 1.97 bits per heavy atom.